The highest BCUT2D eigenvalue weighted by atomic mass is 35.5. The summed E-state index contributed by atoms with van der Waals surface area (Å²) in [6, 6.07) is 5.75. The molecule has 0 amide bonds. The van der Waals surface area contributed by atoms with Crippen LogP contribution < -0.4 is 5.73 Å². The molecule has 0 spiro atoms. The number of aromatic nitrogens is 1. The Labute approximate surface area is 112 Å². The fourth-order valence-corrected chi connectivity index (χ4v) is 2.95. The second-order valence-corrected chi connectivity index (χ2v) is 6.39. The van der Waals surface area contributed by atoms with Crippen LogP contribution in [0.1, 0.15) is 31.5 Å². The number of nitrogens with zero attached hydrogens (tertiary/aromatic N) is 1. The first-order chi connectivity index (χ1) is 8.46. The molecule has 0 bridgehead atoms. The molecule has 0 saturated heterocycles. The van der Waals surface area contributed by atoms with Crippen molar-refractivity contribution in [3.63, 3.8) is 0 Å². The van der Waals surface area contributed by atoms with E-state index in [1.165, 1.54) is 12.0 Å². The molecule has 1 aromatic heterocycles. The summed E-state index contributed by atoms with van der Waals surface area (Å²) in [5.41, 5.74) is 10.8. The van der Waals surface area contributed by atoms with Crippen LogP contribution in [0.15, 0.2) is 18.2 Å². The van der Waals surface area contributed by atoms with Gasteiger partial charge in [-0.2, -0.15) is 0 Å². The van der Waals surface area contributed by atoms with Gasteiger partial charge in [-0.15, -0.1) is 0 Å². The maximum atomic E-state index is 6.33. The molecule has 1 aromatic carbocycles. The van der Waals surface area contributed by atoms with Crippen LogP contribution in [0.3, 0.4) is 0 Å². The topological polar surface area (TPSA) is 38.9 Å². The van der Waals surface area contributed by atoms with Crippen LogP contribution in [0.5, 0.6) is 0 Å². The number of nitrogens with two attached hydrogens (primary N) is 1. The number of nitrogen functional groups attached to an aromatic ring is 1. The molecule has 1 aliphatic rings. The quantitative estimate of drug-likeness (QED) is 0.778. The molecule has 0 fully saturated rings. The number of hydrogen-bond donors (Lipinski definition) is 1. The third kappa shape index (κ3) is 1.85. The predicted octanol–water partition coefficient (Wildman–Crippen LogP) is 3.99. The van der Waals surface area contributed by atoms with Crippen molar-refractivity contribution in [3.8, 4) is 0 Å². The van der Waals surface area contributed by atoms with Crippen LogP contribution in [-0.4, -0.2) is 4.98 Å². The van der Waals surface area contributed by atoms with Crippen LogP contribution in [0.2, 0.25) is 5.02 Å². The fourth-order valence-electron chi connectivity index (χ4n) is 2.78. The molecule has 0 saturated carbocycles. The molecule has 2 nitrogen and oxygen atoms in total. The summed E-state index contributed by atoms with van der Waals surface area (Å²) < 4.78 is 0. The van der Waals surface area contributed by atoms with Gasteiger partial charge in [0.2, 0.25) is 0 Å². The number of fused-ring (bicyclic) bond motifs is 2. The molecule has 3 heteroatoms. The molecule has 94 valence electrons. The van der Waals surface area contributed by atoms with Crippen molar-refractivity contribution < 1.29 is 0 Å². The Morgan fingerprint density at radius 1 is 1.33 bits per heavy atom. The highest BCUT2D eigenvalue weighted by Crippen LogP contribution is 2.39. The van der Waals surface area contributed by atoms with Gasteiger partial charge in [-0.1, -0.05) is 25.4 Å². The van der Waals surface area contributed by atoms with Crippen LogP contribution in [0, 0.1) is 5.41 Å². The molecule has 2 N–H and O–H groups in total. The lowest BCUT2D eigenvalue weighted by Crippen LogP contribution is -2.24. The molecule has 0 unspecified atom stereocenters. The Bertz CT molecular complexity index is 632. The first-order valence-corrected chi connectivity index (χ1v) is 6.71. The van der Waals surface area contributed by atoms with Gasteiger partial charge in [0.25, 0.3) is 0 Å². The van der Waals surface area contributed by atoms with Crippen molar-refractivity contribution >= 4 is 28.2 Å². The van der Waals surface area contributed by atoms with E-state index in [0.717, 1.165) is 35.1 Å². The second-order valence-electron chi connectivity index (χ2n) is 5.95. The van der Waals surface area contributed by atoms with E-state index >= 15 is 0 Å². The minimum Gasteiger partial charge on any atom is -0.398 e. The summed E-state index contributed by atoms with van der Waals surface area (Å²) in [6.07, 6.45) is 3.19. The summed E-state index contributed by atoms with van der Waals surface area (Å²) in [5.74, 6) is 0. The van der Waals surface area contributed by atoms with Crippen molar-refractivity contribution in [2.45, 2.75) is 33.1 Å². The number of benzene rings is 1. The van der Waals surface area contributed by atoms with Gasteiger partial charge < -0.3 is 5.73 Å². The summed E-state index contributed by atoms with van der Waals surface area (Å²) in [7, 11) is 0. The smallest absolute Gasteiger partial charge is 0.0741 e. The van der Waals surface area contributed by atoms with E-state index in [1.807, 2.05) is 18.2 Å². The maximum Gasteiger partial charge on any atom is 0.0741 e. The van der Waals surface area contributed by atoms with Crippen LogP contribution in [0.25, 0.3) is 10.9 Å². The zero-order chi connectivity index (χ0) is 12.9. The highest BCUT2D eigenvalue weighted by molar-refractivity contribution is 6.31. The van der Waals surface area contributed by atoms with Gasteiger partial charge in [0.05, 0.1) is 5.52 Å². The Morgan fingerprint density at radius 3 is 2.89 bits per heavy atom. The monoisotopic (exact) mass is 260 g/mol. The Kier molecular flexibility index (Phi) is 2.53. The van der Waals surface area contributed by atoms with Crippen molar-refractivity contribution in [1.82, 2.24) is 4.98 Å². The van der Waals surface area contributed by atoms with Crippen LogP contribution in [-0.2, 0) is 12.8 Å². The average molecular weight is 261 g/mol. The van der Waals surface area contributed by atoms with Crippen LogP contribution in [0.4, 0.5) is 5.69 Å². The van der Waals surface area contributed by atoms with Crippen molar-refractivity contribution in [2.24, 2.45) is 5.41 Å². The van der Waals surface area contributed by atoms with E-state index in [-0.39, 0.29) is 0 Å². The minimum atomic E-state index is 0.322. The average Bonchev–Trinajstić information content (AvgIpc) is 2.30. The van der Waals surface area contributed by atoms with E-state index in [1.54, 1.807) is 0 Å². The number of pyridine rings is 1. The standard InChI is InChI=1S/C15H17ClN2/c1-15(2)6-5-12-11(8-15)14(17)10-4-3-9(16)7-13(10)18-12/h3-4,7H,5-6,8H2,1-2H3,(H2,17,18). The van der Waals surface area contributed by atoms with E-state index in [9.17, 15) is 0 Å². The molecular formula is C15H17ClN2. The van der Waals surface area contributed by atoms with Crippen molar-refractivity contribution in [2.75, 3.05) is 5.73 Å². The summed E-state index contributed by atoms with van der Waals surface area (Å²) in [6.45, 7) is 4.59. The molecule has 1 heterocycles. The molecule has 0 atom stereocenters. The lowest BCUT2D eigenvalue weighted by atomic mass is 9.75. The molecule has 1 aliphatic carbocycles. The summed E-state index contributed by atoms with van der Waals surface area (Å²) in [5, 5.41) is 1.74. The Balaban J connectivity index is 2.26. The largest absolute Gasteiger partial charge is 0.398 e. The van der Waals surface area contributed by atoms with E-state index in [4.69, 9.17) is 22.3 Å². The van der Waals surface area contributed by atoms with Gasteiger partial charge in [-0.05, 0) is 48.4 Å². The first kappa shape index (κ1) is 11.8. The van der Waals surface area contributed by atoms with Gasteiger partial charge in [0.1, 0.15) is 0 Å². The molecule has 0 radical (unpaired) electrons. The van der Waals surface area contributed by atoms with E-state index in [2.05, 4.69) is 13.8 Å². The molecule has 0 aliphatic heterocycles. The zero-order valence-corrected chi connectivity index (χ0v) is 11.5. The molecule has 2 aromatic rings. The minimum absolute atomic E-state index is 0.322. The fraction of sp³-hybridized carbons (Fsp3) is 0.400. The Hall–Kier alpha value is -1.28. The second kappa shape index (κ2) is 3.86. The van der Waals surface area contributed by atoms with E-state index in [0.29, 0.717) is 10.4 Å². The summed E-state index contributed by atoms with van der Waals surface area (Å²) >= 11 is 6.02. The number of rotatable bonds is 0. The lowest BCUT2D eigenvalue weighted by molar-refractivity contribution is 0.313. The van der Waals surface area contributed by atoms with Gasteiger partial charge >= 0.3 is 0 Å². The van der Waals surface area contributed by atoms with E-state index < -0.39 is 0 Å². The normalized spacial score (nSPS) is 17.7. The van der Waals surface area contributed by atoms with Gasteiger partial charge in [-0.25, -0.2) is 0 Å². The predicted molar refractivity (Wildman–Crippen MR) is 77.0 cm³/mol. The van der Waals surface area contributed by atoms with Crippen LogP contribution >= 0.6 is 11.6 Å². The maximum absolute atomic E-state index is 6.33. The number of aryl methyl sites for hydroxylation is 1. The molecular weight excluding hydrogens is 244 g/mol. The summed E-state index contributed by atoms with van der Waals surface area (Å²) in [4.78, 5) is 4.74. The van der Waals surface area contributed by atoms with Gasteiger partial charge in [0.15, 0.2) is 0 Å². The van der Waals surface area contributed by atoms with Gasteiger partial charge in [-0.3, -0.25) is 4.98 Å². The SMILES string of the molecule is CC1(C)CCc2nc3cc(Cl)ccc3c(N)c2C1. The molecule has 3 rings (SSSR count). The third-order valence-corrected chi connectivity index (χ3v) is 4.11. The Morgan fingerprint density at radius 2 is 2.11 bits per heavy atom. The van der Waals surface area contributed by atoms with Crippen molar-refractivity contribution in [3.05, 3.63) is 34.5 Å². The van der Waals surface area contributed by atoms with Gasteiger partial charge in [0, 0.05) is 21.8 Å². The first-order valence-electron chi connectivity index (χ1n) is 6.33. The zero-order valence-electron chi connectivity index (χ0n) is 10.8. The number of hydrogen-bond acceptors (Lipinski definition) is 2. The number of halogens is 1. The third-order valence-electron chi connectivity index (χ3n) is 3.87. The number of anilines is 1. The molecule has 18 heavy (non-hydrogen) atoms. The lowest BCUT2D eigenvalue weighted by Gasteiger charge is -2.31. The van der Waals surface area contributed by atoms with Crippen molar-refractivity contribution in [1.29, 1.82) is 0 Å². The highest BCUT2D eigenvalue weighted by Gasteiger charge is 2.28.